The summed E-state index contributed by atoms with van der Waals surface area (Å²) in [5.41, 5.74) is 3.25. The second kappa shape index (κ2) is 6.26. The third-order valence-electron chi connectivity index (χ3n) is 4.46. The van der Waals surface area contributed by atoms with E-state index >= 15 is 0 Å². The Balaban J connectivity index is 1.60. The van der Waals surface area contributed by atoms with Crippen LogP contribution in [0.15, 0.2) is 42.5 Å². The number of aryl methyl sites for hydroxylation is 1. The number of hydrogen-bond acceptors (Lipinski definition) is 3. The molecule has 0 amide bonds. The number of nitriles is 1. The van der Waals surface area contributed by atoms with Gasteiger partial charge in [0.25, 0.3) is 0 Å². The van der Waals surface area contributed by atoms with Crippen LogP contribution >= 0.6 is 0 Å². The van der Waals surface area contributed by atoms with Crippen LogP contribution in [0.2, 0.25) is 0 Å². The van der Waals surface area contributed by atoms with Crippen molar-refractivity contribution >= 4 is 0 Å². The van der Waals surface area contributed by atoms with Gasteiger partial charge in [-0.05, 0) is 49.2 Å². The van der Waals surface area contributed by atoms with Gasteiger partial charge in [0.1, 0.15) is 23.5 Å². The second-order valence-corrected chi connectivity index (χ2v) is 6.42. The van der Waals surface area contributed by atoms with E-state index in [1.54, 1.807) is 18.2 Å². The minimum atomic E-state index is -0.590. The predicted octanol–water partition coefficient (Wildman–Crippen LogP) is 4.47. The smallest absolute Gasteiger partial charge is 0.129 e. The molecule has 4 rings (SSSR count). The molecule has 0 aliphatic heterocycles. The summed E-state index contributed by atoms with van der Waals surface area (Å²) in [5, 5.41) is 16.3. The number of aromatic amines is 1. The average Bonchev–Trinajstić information content (AvgIpc) is 3.23. The van der Waals surface area contributed by atoms with E-state index in [0.29, 0.717) is 34.6 Å². The standard InChI is InChI=1S/C20H15F2N3O/c1-11-6-18(25-24-11)16-7-12(10-23)2-5-19(16)26-20-9-15(20)14-4-3-13(21)8-17(14)22/h2-8,15,20H,9H2,1H3,(H,24,25)/t15-,20-/m1/s1. The molecule has 0 saturated heterocycles. The van der Waals surface area contributed by atoms with Crippen LogP contribution in [0.5, 0.6) is 5.75 Å². The van der Waals surface area contributed by atoms with Gasteiger partial charge in [-0.3, -0.25) is 5.10 Å². The van der Waals surface area contributed by atoms with E-state index in [2.05, 4.69) is 16.3 Å². The number of benzene rings is 2. The van der Waals surface area contributed by atoms with Crippen molar-refractivity contribution in [3.63, 3.8) is 0 Å². The monoisotopic (exact) mass is 351 g/mol. The van der Waals surface area contributed by atoms with Crippen molar-refractivity contribution in [1.29, 1.82) is 5.26 Å². The van der Waals surface area contributed by atoms with Crippen LogP contribution in [0.25, 0.3) is 11.3 Å². The van der Waals surface area contributed by atoms with Gasteiger partial charge in [-0.2, -0.15) is 10.4 Å². The van der Waals surface area contributed by atoms with Gasteiger partial charge in [-0.1, -0.05) is 6.07 Å². The first-order valence-electron chi connectivity index (χ1n) is 8.23. The zero-order chi connectivity index (χ0) is 18.3. The highest BCUT2D eigenvalue weighted by Crippen LogP contribution is 2.46. The summed E-state index contributed by atoms with van der Waals surface area (Å²) < 4.78 is 33.1. The quantitative estimate of drug-likeness (QED) is 0.754. The fourth-order valence-corrected chi connectivity index (χ4v) is 3.05. The summed E-state index contributed by atoms with van der Waals surface area (Å²) >= 11 is 0. The van der Waals surface area contributed by atoms with Crippen LogP contribution < -0.4 is 4.74 Å². The zero-order valence-electron chi connectivity index (χ0n) is 14.0. The van der Waals surface area contributed by atoms with Crippen molar-refractivity contribution in [1.82, 2.24) is 10.2 Å². The lowest BCUT2D eigenvalue weighted by atomic mass is 10.1. The minimum Gasteiger partial charge on any atom is -0.489 e. The van der Waals surface area contributed by atoms with E-state index in [9.17, 15) is 8.78 Å². The molecule has 26 heavy (non-hydrogen) atoms. The maximum Gasteiger partial charge on any atom is 0.129 e. The molecule has 1 saturated carbocycles. The van der Waals surface area contributed by atoms with Crippen molar-refractivity contribution in [2.24, 2.45) is 0 Å². The van der Waals surface area contributed by atoms with E-state index in [-0.39, 0.29) is 12.0 Å². The summed E-state index contributed by atoms with van der Waals surface area (Å²) in [4.78, 5) is 0. The summed E-state index contributed by atoms with van der Waals surface area (Å²) in [5.74, 6) is -0.665. The van der Waals surface area contributed by atoms with Crippen LogP contribution in [-0.2, 0) is 0 Å². The maximum atomic E-state index is 14.0. The van der Waals surface area contributed by atoms with E-state index in [4.69, 9.17) is 10.00 Å². The first kappa shape index (κ1) is 16.3. The number of halogens is 2. The van der Waals surface area contributed by atoms with E-state index < -0.39 is 11.6 Å². The van der Waals surface area contributed by atoms with Gasteiger partial charge >= 0.3 is 0 Å². The molecule has 1 heterocycles. The third-order valence-corrected chi connectivity index (χ3v) is 4.46. The molecular formula is C20H15F2N3O. The number of rotatable bonds is 4. The molecule has 1 aliphatic rings. The van der Waals surface area contributed by atoms with E-state index in [1.807, 2.05) is 13.0 Å². The molecule has 6 heteroatoms. The molecule has 130 valence electrons. The SMILES string of the molecule is Cc1cc(-c2cc(C#N)ccc2O[C@@H]2C[C@@H]2c2ccc(F)cc2F)n[nH]1. The minimum absolute atomic E-state index is 0.111. The zero-order valence-corrected chi connectivity index (χ0v) is 14.0. The Morgan fingerprint density at radius 2 is 2.04 bits per heavy atom. The number of aromatic nitrogens is 2. The van der Waals surface area contributed by atoms with Gasteiger partial charge in [0.15, 0.2) is 0 Å². The molecule has 4 nitrogen and oxygen atoms in total. The highest BCUT2D eigenvalue weighted by molar-refractivity contribution is 5.69. The first-order chi connectivity index (χ1) is 12.5. The van der Waals surface area contributed by atoms with Crippen molar-refractivity contribution in [2.45, 2.75) is 25.4 Å². The van der Waals surface area contributed by atoms with Gasteiger partial charge in [0.05, 0.1) is 17.3 Å². The maximum absolute atomic E-state index is 14.0. The summed E-state index contributed by atoms with van der Waals surface area (Å²) in [6.45, 7) is 1.89. The molecule has 3 aromatic rings. The molecule has 1 aromatic heterocycles. The van der Waals surface area contributed by atoms with Crippen molar-refractivity contribution < 1.29 is 13.5 Å². The number of H-pyrrole nitrogens is 1. The normalized spacial score (nSPS) is 18.4. The fourth-order valence-electron chi connectivity index (χ4n) is 3.05. The summed E-state index contributed by atoms with van der Waals surface area (Å²) in [6.07, 6.45) is 0.461. The molecule has 0 bridgehead atoms. The molecule has 0 spiro atoms. The summed E-state index contributed by atoms with van der Waals surface area (Å²) in [7, 11) is 0. The highest BCUT2D eigenvalue weighted by atomic mass is 19.1. The largest absolute Gasteiger partial charge is 0.489 e. The molecule has 1 N–H and O–H groups in total. The van der Waals surface area contributed by atoms with Crippen LogP contribution in [0.1, 0.15) is 29.2 Å². The van der Waals surface area contributed by atoms with E-state index in [0.717, 1.165) is 11.8 Å². The Morgan fingerprint density at radius 1 is 1.19 bits per heavy atom. The molecule has 2 aromatic carbocycles. The molecule has 0 unspecified atom stereocenters. The van der Waals surface area contributed by atoms with Crippen LogP contribution in [0, 0.1) is 29.9 Å². The van der Waals surface area contributed by atoms with Gasteiger partial charge in [0, 0.05) is 23.2 Å². The topological polar surface area (TPSA) is 61.7 Å². The Hall–Kier alpha value is -3.20. The molecule has 2 atom stereocenters. The van der Waals surface area contributed by atoms with Gasteiger partial charge in [0.2, 0.25) is 0 Å². The van der Waals surface area contributed by atoms with Crippen LogP contribution in [0.4, 0.5) is 8.78 Å². The van der Waals surface area contributed by atoms with Gasteiger partial charge in [-0.25, -0.2) is 8.78 Å². The first-order valence-corrected chi connectivity index (χ1v) is 8.23. The van der Waals surface area contributed by atoms with E-state index in [1.165, 1.54) is 12.1 Å². The predicted molar refractivity (Wildman–Crippen MR) is 91.6 cm³/mol. The molecule has 1 aliphatic carbocycles. The Labute approximate surface area is 149 Å². The van der Waals surface area contributed by atoms with Crippen molar-refractivity contribution in [2.75, 3.05) is 0 Å². The van der Waals surface area contributed by atoms with Crippen molar-refractivity contribution in [3.05, 3.63) is 70.9 Å². The number of hydrogen-bond donors (Lipinski definition) is 1. The highest BCUT2D eigenvalue weighted by Gasteiger charge is 2.42. The van der Waals surface area contributed by atoms with Crippen LogP contribution in [0.3, 0.4) is 0 Å². The summed E-state index contributed by atoms with van der Waals surface area (Å²) in [6, 6.07) is 12.7. The lowest BCUT2D eigenvalue weighted by Crippen LogP contribution is -2.03. The Kier molecular flexibility index (Phi) is 3.92. The fraction of sp³-hybridized carbons (Fsp3) is 0.200. The number of ether oxygens (including phenoxy) is 1. The van der Waals surface area contributed by atoms with Gasteiger partial charge < -0.3 is 4.74 Å². The lowest BCUT2D eigenvalue weighted by molar-refractivity contribution is 0.296. The lowest BCUT2D eigenvalue weighted by Gasteiger charge is -2.11. The Morgan fingerprint density at radius 3 is 2.73 bits per heavy atom. The average molecular weight is 351 g/mol. The van der Waals surface area contributed by atoms with Crippen LogP contribution in [-0.4, -0.2) is 16.3 Å². The third kappa shape index (κ3) is 3.04. The van der Waals surface area contributed by atoms with Gasteiger partial charge in [-0.15, -0.1) is 0 Å². The molecular weight excluding hydrogens is 336 g/mol. The second-order valence-electron chi connectivity index (χ2n) is 6.42. The molecule has 1 fully saturated rings. The number of nitrogens with zero attached hydrogens (tertiary/aromatic N) is 2. The number of nitrogens with one attached hydrogen (secondary N) is 1. The molecule has 0 radical (unpaired) electrons. The Bertz CT molecular complexity index is 1020. The van der Waals surface area contributed by atoms with Crippen molar-refractivity contribution in [3.8, 4) is 23.1 Å².